The van der Waals surface area contributed by atoms with Gasteiger partial charge in [-0.2, -0.15) is 0 Å². The van der Waals surface area contributed by atoms with Crippen LogP contribution in [0.4, 0.5) is 0 Å². The molecular formula is C12H24N4O2. The molecule has 0 spiro atoms. The maximum absolute atomic E-state index is 11.6. The van der Waals surface area contributed by atoms with Gasteiger partial charge in [0.2, 0.25) is 5.91 Å². The summed E-state index contributed by atoms with van der Waals surface area (Å²) in [7, 11) is 0. The Morgan fingerprint density at radius 1 is 1.22 bits per heavy atom. The van der Waals surface area contributed by atoms with E-state index in [1.807, 2.05) is 6.92 Å². The van der Waals surface area contributed by atoms with Gasteiger partial charge in [0.1, 0.15) is 0 Å². The molecule has 0 unspecified atom stereocenters. The van der Waals surface area contributed by atoms with Gasteiger partial charge in [-0.15, -0.1) is 0 Å². The summed E-state index contributed by atoms with van der Waals surface area (Å²) < 4.78 is 0. The zero-order valence-corrected chi connectivity index (χ0v) is 11.2. The minimum absolute atomic E-state index is 0.179. The van der Waals surface area contributed by atoms with Crippen LogP contribution in [0, 0.1) is 0 Å². The van der Waals surface area contributed by atoms with Crippen molar-refractivity contribution in [2.45, 2.75) is 51.6 Å². The average Bonchev–Trinajstić information content (AvgIpc) is 2.34. The third kappa shape index (κ3) is 5.01. The van der Waals surface area contributed by atoms with Crippen molar-refractivity contribution in [1.29, 1.82) is 0 Å². The molecule has 1 aliphatic rings. The van der Waals surface area contributed by atoms with Crippen LogP contribution in [0.15, 0.2) is 0 Å². The van der Waals surface area contributed by atoms with Gasteiger partial charge in [0, 0.05) is 19.0 Å². The van der Waals surface area contributed by atoms with Gasteiger partial charge in [-0.05, 0) is 32.2 Å². The molecule has 104 valence electrons. The summed E-state index contributed by atoms with van der Waals surface area (Å²) >= 11 is 0. The molecule has 2 amide bonds. The first-order valence-corrected chi connectivity index (χ1v) is 6.58. The van der Waals surface area contributed by atoms with Gasteiger partial charge in [0.05, 0.1) is 6.54 Å². The second kappa shape index (κ2) is 7.33. The molecule has 0 aromatic rings. The lowest BCUT2D eigenvalue weighted by Gasteiger charge is -2.34. The summed E-state index contributed by atoms with van der Waals surface area (Å²) in [4.78, 5) is 24.5. The summed E-state index contributed by atoms with van der Waals surface area (Å²) in [6.07, 6.45) is 4.13. The highest BCUT2D eigenvalue weighted by Gasteiger charge is 2.24. The van der Waals surface area contributed by atoms with Crippen molar-refractivity contribution in [3.8, 4) is 0 Å². The van der Waals surface area contributed by atoms with E-state index in [0.717, 1.165) is 32.2 Å². The lowest BCUT2D eigenvalue weighted by molar-refractivity contribution is -0.129. The summed E-state index contributed by atoms with van der Waals surface area (Å²) in [5, 5.41) is 0. The monoisotopic (exact) mass is 256 g/mol. The highest BCUT2D eigenvalue weighted by atomic mass is 16.2. The summed E-state index contributed by atoms with van der Waals surface area (Å²) in [5.41, 5.74) is 10.6. The minimum atomic E-state index is -0.268. The molecule has 4 N–H and O–H groups in total. The first-order chi connectivity index (χ1) is 8.52. The fraction of sp³-hybridized carbons (Fsp3) is 0.833. The van der Waals surface area contributed by atoms with E-state index in [2.05, 4.69) is 15.8 Å². The van der Waals surface area contributed by atoms with Crippen LogP contribution in [0.3, 0.4) is 0 Å². The van der Waals surface area contributed by atoms with Crippen LogP contribution >= 0.6 is 0 Å². The average molecular weight is 256 g/mol. The second-order valence-corrected chi connectivity index (χ2v) is 4.86. The number of rotatable bonds is 4. The molecular weight excluding hydrogens is 232 g/mol. The van der Waals surface area contributed by atoms with Crippen molar-refractivity contribution in [3.63, 3.8) is 0 Å². The number of likely N-dealkylation sites (N-methyl/N-ethyl adjacent to an activating group) is 1. The van der Waals surface area contributed by atoms with Gasteiger partial charge in [0.15, 0.2) is 0 Å². The number of hydrogen-bond donors (Lipinski definition) is 3. The quantitative estimate of drug-likeness (QED) is 0.605. The Morgan fingerprint density at radius 3 is 2.33 bits per heavy atom. The standard InChI is InChI=1S/C12H24N4O2/c1-3-16(8-12(18)15-14-9(2)17)11-6-4-10(13)5-7-11/h10-11H,3-8,13H2,1-2H3,(H,14,17)(H,15,18). The number of hydrazine groups is 1. The molecule has 6 heteroatoms. The van der Waals surface area contributed by atoms with Gasteiger partial charge >= 0.3 is 0 Å². The van der Waals surface area contributed by atoms with Crippen LogP contribution in [-0.2, 0) is 9.59 Å². The van der Waals surface area contributed by atoms with Gasteiger partial charge in [-0.3, -0.25) is 25.3 Å². The van der Waals surface area contributed by atoms with Gasteiger partial charge in [-0.25, -0.2) is 0 Å². The number of nitrogens with one attached hydrogen (secondary N) is 2. The van der Waals surface area contributed by atoms with E-state index in [-0.39, 0.29) is 11.8 Å². The Labute approximate surface area is 108 Å². The minimum Gasteiger partial charge on any atom is -0.328 e. The van der Waals surface area contributed by atoms with Gasteiger partial charge in [0.25, 0.3) is 5.91 Å². The van der Waals surface area contributed by atoms with Crippen molar-refractivity contribution in [2.75, 3.05) is 13.1 Å². The number of amides is 2. The van der Waals surface area contributed by atoms with Crippen molar-refractivity contribution >= 4 is 11.8 Å². The molecule has 0 aliphatic heterocycles. The van der Waals surface area contributed by atoms with Crippen molar-refractivity contribution in [1.82, 2.24) is 15.8 Å². The second-order valence-electron chi connectivity index (χ2n) is 4.86. The normalized spacial score (nSPS) is 23.8. The number of nitrogens with two attached hydrogens (primary N) is 1. The first-order valence-electron chi connectivity index (χ1n) is 6.58. The Morgan fingerprint density at radius 2 is 1.83 bits per heavy atom. The molecule has 18 heavy (non-hydrogen) atoms. The summed E-state index contributed by atoms with van der Waals surface area (Å²) in [6.45, 7) is 4.55. The highest BCUT2D eigenvalue weighted by molar-refractivity contribution is 5.81. The summed E-state index contributed by atoms with van der Waals surface area (Å²) in [5.74, 6) is -0.447. The lowest BCUT2D eigenvalue weighted by atomic mass is 9.91. The zero-order chi connectivity index (χ0) is 13.5. The van der Waals surface area contributed by atoms with E-state index in [1.165, 1.54) is 6.92 Å². The molecule has 0 aromatic heterocycles. The molecule has 0 saturated heterocycles. The van der Waals surface area contributed by atoms with E-state index in [4.69, 9.17) is 5.73 Å². The Balaban J connectivity index is 2.36. The topological polar surface area (TPSA) is 87.5 Å². The van der Waals surface area contributed by atoms with Gasteiger partial charge < -0.3 is 5.73 Å². The summed E-state index contributed by atoms with van der Waals surface area (Å²) in [6, 6.07) is 0.742. The van der Waals surface area contributed by atoms with Crippen LogP contribution in [0.5, 0.6) is 0 Å². The predicted octanol–water partition coefficient (Wildman–Crippen LogP) is -0.254. The van der Waals surface area contributed by atoms with Crippen molar-refractivity contribution in [2.24, 2.45) is 5.73 Å². The Kier molecular flexibility index (Phi) is 6.07. The van der Waals surface area contributed by atoms with Crippen LogP contribution in [0.2, 0.25) is 0 Å². The molecule has 0 atom stereocenters. The number of carbonyl (C=O) groups excluding carboxylic acids is 2. The molecule has 0 heterocycles. The Bertz CT molecular complexity index is 288. The van der Waals surface area contributed by atoms with Crippen LogP contribution in [0.25, 0.3) is 0 Å². The number of hydrogen-bond acceptors (Lipinski definition) is 4. The van der Waals surface area contributed by atoms with E-state index < -0.39 is 0 Å². The largest absolute Gasteiger partial charge is 0.328 e. The van der Waals surface area contributed by atoms with E-state index in [1.54, 1.807) is 0 Å². The Hall–Kier alpha value is -1.14. The molecule has 1 fully saturated rings. The third-order valence-corrected chi connectivity index (χ3v) is 3.39. The van der Waals surface area contributed by atoms with E-state index >= 15 is 0 Å². The number of nitrogens with zero attached hydrogens (tertiary/aromatic N) is 1. The maximum atomic E-state index is 11.6. The molecule has 1 saturated carbocycles. The first kappa shape index (κ1) is 14.9. The van der Waals surface area contributed by atoms with E-state index in [9.17, 15) is 9.59 Å². The fourth-order valence-electron chi connectivity index (χ4n) is 2.35. The number of carbonyl (C=O) groups is 2. The van der Waals surface area contributed by atoms with Crippen molar-refractivity contribution < 1.29 is 9.59 Å². The molecule has 1 aliphatic carbocycles. The molecule has 1 rings (SSSR count). The molecule has 0 radical (unpaired) electrons. The molecule has 6 nitrogen and oxygen atoms in total. The predicted molar refractivity (Wildman–Crippen MR) is 69.4 cm³/mol. The maximum Gasteiger partial charge on any atom is 0.252 e. The molecule has 0 bridgehead atoms. The van der Waals surface area contributed by atoms with Crippen molar-refractivity contribution in [3.05, 3.63) is 0 Å². The van der Waals surface area contributed by atoms with E-state index in [0.29, 0.717) is 18.6 Å². The fourth-order valence-corrected chi connectivity index (χ4v) is 2.35. The third-order valence-electron chi connectivity index (χ3n) is 3.39. The van der Waals surface area contributed by atoms with Crippen LogP contribution in [-0.4, -0.2) is 41.9 Å². The molecule has 0 aromatic carbocycles. The lowest BCUT2D eigenvalue weighted by Crippen LogP contribution is -2.49. The van der Waals surface area contributed by atoms with Gasteiger partial charge in [-0.1, -0.05) is 6.92 Å². The SMILES string of the molecule is CCN(CC(=O)NNC(C)=O)C1CCC(N)CC1. The smallest absolute Gasteiger partial charge is 0.252 e. The highest BCUT2D eigenvalue weighted by Crippen LogP contribution is 2.21. The zero-order valence-electron chi connectivity index (χ0n) is 11.2. The van der Waals surface area contributed by atoms with Crippen LogP contribution in [0.1, 0.15) is 39.5 Å². The van der Waals surface area contributed by atoms with Crippen LogP contribution < -0.4 is 16.6 Å².